The predicted molar refractivity (Wildman–Crippen MR) is 294 cm³/mol. The third-order valence-electron chi connectivity index (χ3n) is 10.5. The summed E-state index contributed by atoms with van der Waals surface area (Å²) >= 11 is 0. The van der Waals surface area contributed by atoms with Crippen LogP contribution in [0.25, 0.3) is 0 Å². The van der Waals surface area contributed by atoms with Crippen molar-refractivity contribution in [3.63, 3.8) is 0 Å². The van der Waals surface area contributed by atoms with E-state index in [4.69, 9.17) is 32.6 Å². The normalized spacial score (nSPS) is 15.0. The van der Waals surface area contributed by atoms with Gasteiger partial charge in [-0.05, 0) is 98.3 Å². The highest BCUT2D eigenvalue weighted by atomic mass is 32.2. The molecule has 1 fully saturated rings. The minimum absolute atomic E-state index is 0.0114. The van der Waals surface area contributed by atoms with Crippen molar-refractivity contribution in [2.75, 3.05) is 58.6 Å². The van der Waals surface area contributed by atoms with Crippen LogP contribution in [0.4, 0.5) is 0 Å². The molecule has 20 nitrogen and oxygen atoms in total. The summed E-state index contributed by atoms with van der Waals surface area (Å²) in [6.45, 7) is 22.7. The summed E-state index contributed by atoms with van der Waals surface area (Å²) in [6.07, 6.45) is -1.72. The molecule has 0 aliphatic carbocycles. The second-order valence-corrected chi connectivity index (χ2v) is 22.9. The van der Waals surface area contributed by atoms with Crippen LogP contribution in [-0.2, 0) is 91.3 Å². The standard InChI is InChI=1S/C24H40N4O4.C17H24O7S.C16H22O5/c1-24(2,3)32-23(30)21(9-10-22(29)31-19-20-7-5-4-6-8-20)28-17-15-26-13-11-25-12-14-27-16-18-28;1-17(2,3)23-16(19)14(24-25(4,20)21)10-11-15(18)22-12-13-8-6-5-7-9-13;1-16(2,3)21-15(19)13(17)9-10-14(18)20-11-12-7-5-4-6-8-12/h4-8,21,25-27H,9-19H2,1-3H3;5-9,14H,10-12H2,1-4H3;4-8,13,17H,9-11H2,1-3H3/t21-;14-;13-/m111/s1. The molecule has 3 aromatic rings. The van der Waals surface area contributed by atoms with Crippen LogP contribution in [0.2, 0.25) is 0 Å². The number of hydrogen-bond acceptors (Lipinski definition) is 20. The van der Waals surface area contributed by atoms with Gasteiger partial charge in [-0.2, -0.15) is 8.42 Å². The number of nitrogens with zero attached hydrogens (tertiary/aromatic N) is 1. The van der Waals surface area contributed by atoms with Gasteiger partial charge in [-0.1, -0.05) is 91.0 Å². The molecular weight excluding hydrogens is 1030 g/mol. The Labute approximate surface area is 462 Å². The first kappa shape index (κ1) is 68.3. The Balaban J connectivity index is 0.000000410. The Kier molecular flexibility index (Phi) is 31.2. The van der Waals surface area contributed by atoms with Gasteiger partial charge in [0.25, 0.3) is 10.1 Å². The van der Waals surface area contributed by atoms with Crippen molar-refractivity contribution < 1.29 is 74.9 Å². The van der Waals surface area contributed by atoms with Crippen LogP contribution in [0.1, 0.15) is 118 Å². The fourth-order valence-corrected chi connectivity index (χ4v) is 7.47. The maximum Gasteiger partial charge on any atom is 0.337 e. The summed E-state index contributed by atoms with van der Waals surface area (Å²) in [4.78, 5) is 74.5. The minimum Gasteiger partial charge on any atom is -0.461 e. The lowest BCUT2D eigenvalue weighted by molar-refractivity contribution is -0.166. The molecule has 3 atom stereocenters. The number of carbonyl (C=O) groups is 6. The molecule has 0 unspecified atom stereocenters. The monoisotopic (exact) mass is 1110 g/mol. The molecular formula is C57H86N4O16S. The molecule has 4 rings (SSSR count). The van der Waals surface area contributed by atoms with Gasteiger partial charge in [-0.15, -0.1) is 0 Å². The van der Waals surface area contributed by atoms with E-state index in [0.717, 1.165) is 62.2 Å². The summed E-state index contributed by atoms with van der Waals surface area (Å²) in [5.41, 5.74) is 0.609. The smallest absolute Gasteiger partial charge is 0.337 e. The third kappa shape index (κ3) is 34.9. The average molecular weight is 1120 g/mol. The summed E-state index contributed by atoms with van der Waals surface area (Å²) in [6, 6.07) is 27.5. The van der Waals surface area contributed by atoms with Crippen LogP contribution in [0, 0.1) is 0 Å². The maximum absolute atomic E-state index is 13.1. The lowest BCUT2D eigenvalue weighted by Gasteiger charge is -2.33. The number of benzene rings is 3. The molecule has 1 heterocycles. The summed E-state index contributed by atoms with van der Waals surface area (Å²) in [5, 5.41) is 19.8. The lowest BCUT2D eigenvalue weighted by atomic mass is 10.1. The van der Waals surface area contributed by atoms with Crippen molar-refractivity contribution in [3.05, 3.63) is 108 Å². The molecule has 0 aromatic heterocycles. The van der Waals surface area contributed by atoms with Gasteiger partial charge in [0.15, 0.2) is 12.2 Å². The zero-order chi connectivity index (χ0) is 58.2. The molecule has 436 valence electrons. The number of esters is 6. The first-order chi connectivity index (χ1) is 36.6. The molecule has 0 radical (unpaired) electrons. The Morgan fingerprint density at radius 3 is 1.21 bits per heavy atom. The topological polar surface area (TPSA) is 261 Å². The van der Waals surface area contributed by atoms with E-state index in [0.29, 0.717) is 19.5 Å². The fraction of sp³-hybridized carbons (Fsp3) is 0.579. The quantitative estimate of drug-likeness (QED) is 0.0565. The van der Waals surface area contributed by atoms with E-state index in [-0.39, 0.29) is 63.9 Å². The van der Waals surface area contributed by atoms with E-state index in [2.05, 4.69) is 20.9 Å². The van der Waals surface area contributed by atoms with Crippen molar-refractivity contribution in [2.24, 2.45) is 0 Å². The Bertz CT molecular complexity index is 2330. The highest BCUT2D eigenvalue weighted by molar-refractivity contribution is 7.86. The highest BCUT2D eigenvalue weighted by Crippen LogP contribution is 2.18. The van der Waals surface area contributed by atoms with Crippen molar-refractivity contribution in [3.8, 4) is 0 Å². The number of aliphatic hydroxyl groups excluding tert-OH is 1. The van der Waals surface area contributed by atoms with Gasteiger partial charge in [0.1, 0.15) is 42.7 Å². The summed E-state index contributed by atoms with van der Waals surface area (Å²) < 4.78 is 58.8. The summed E-state index contributed by atoms with van der Waals surface area (Å²) in [7, 11) is -3.88. The molecule has 0 saturated carbocycles. The number of hydrogen-bond donors (Lipinski definition) is 4. The number of carbonyl (C=O) groups excluding carboxylic acids is 6. The molecule has 0 amide bonds. The Morgan fingerprint density at radius 1 is 0.500 bits per heavy atom. The van der Waals surface area contributed by atoms with Gasteiger partial charge in [0, 0.05) is 71.6 Å². The first-order valence-corrected chi connectivity index (χ1v) is 28.1. The van der Waals surface area contributed by atoms with Crippen molar-refractivity contribution in [2.45, 2.75) is 156 Å². The molecule has 4 N–H and O–H groups in total. The molecule has 3 aromatic carbocycles. The van der Waals surface area contributed by atoms with Crippen LogP contribution >= 0.6 is 0 Å². The SMILES string of the molecule is CC(C)(C)OC(=O)[C@@H](CCC(=O)OCc1ccccc1)N1CCNCCNCCNCC1.CC(C)(C)OC(=O)[C@@H](CCC(=O)OCc1ccccc1)OS(C)(=O)=O.CC(C)(C)OC(=O)[C@H](O)CCC(=O)OCc1ccccc1. The van der Waals surface area contributed by atoms with Gasteiger partial charge >= 0.3 is 35.8 Å². The van der Waals surface area contributed by atoms with E-state index in [1.165, 1.54) is 0 Å². The highest BCUT2D eigenvalue weighted by Gasteiger charge is 2.32. The zero-order valence-electron chi connectivity index (χ0n) is 47.3. The zero-order valence-corrected chi connectivity index (χ0v) is 48.2. The first-order valence-electron chi connectivity index (χ1n) is 26.3. The van der Waals surface area contributed by atoms with Crippen molar-refractivity contribution in [1.29, 1.82) is 0 Å². The minimum atomic E-state index is -3.88. The van der Waals surface area contributed by atoms with Crippen LogP contribution in [0.15, 0.2) is 91.0 Å². The number of nitrogens with one attached hydrogen (secondary N) is 3. The van der Waals surface area contributed by atoms with Gasteiger partial charge < -0.3 is 49.5 Å². The lowest BCUT2D eigenvalue weighted by Crippen LogP contribution is -2.50. The molecule has 1 saturated heterocycles. The van der Waals surface area contributed by atoms with E-state index in [1.807, 2.05) is 112 Å². The fourth-order valence-electron chi connectivity index (χ4n) is 6.88. The van der Waals surface area contributed by atoms with Crippen LogP contribution in [0.5, 0.6) is 0 Å². The van der Waals surface area contributed by atoms with Gasteiger partial charge in [0.05, 0.1) is 6.26 Å². The number of aliphatic hydroxyl groups is 1. The molecule has 1 aliphatic rings. The molecule has 78 heavy (non-hydrogen) atoms. The van der Waals surface area contributed by atoms with E-state index in [9.17, 15) is 42.3 Å². The van der Waals surface area contributed by atoms with E-state index >= 15 is 0 Å². The van der Waals surface area contributed by atoms with Crippen LogP contribution in [0.3, 0.4) is 0 Å². The maximum atomic E-state index is 13.1. The third-order valence-corrected chi connectivity index (χ3v) is 11.0. The Morgan fingerprint density at radius 2 is 0.833 bits per heavy atom. The van der Waals surface area contributed by atoms with Gasteiger partial charge in [-0.3, -0.25) is 28.3 Å². The second kappa shape index (κ2) is 35.6. The van der Waals surface area contributed by atoms with E-state index in [1.54, 1.807) is 41.5 Å². The summed E-state index contributed by atoms with van der Waals surface area (Å²) in [5.74, 6) is -3.18. The molecule has 21 heteroatoms. The number of ether oxygens (including phenoxy) is 6. The number of rotatable bonds is 21. The van der Waals surface area contributed by atoms with Crippen molar-refractivity contribution >= 4 is 45.9 Å². The van der Waals surface area contributed by atoms with Gasteiger partial charge in [-0.25, -0.2) is 9.59 Å². The van der Waals surface area contributed by atoms with Gasteiger partial charge in [0.2, 0.25) is 0 Å². The largest absolute Gasteiger partial charge is 0.461 e. The Hall–Kier alpha value is -5.81. The molecule has 0 bridgehead atoms. The molecule has 1 aliphatic heterocycles. The van der Waals surface area contributed by atoms with Crippen molar-refractivity contribution in [1.82, 2.24) is 20.9 Å². The van der Waals surface area contributed by atoms with Crippen LogP contribution < -0.4 is 16.0 Å². The van der Waals surface area contributed by atoms with E-state index < -0.39 is 69.0 Å². The second-order valence-electron chi connectivity index (χ2n) is 21.3. The molecule has 0 spiro atoms. The average Bonchev–Trinajstić information content (AvgIpc) is 3.35. The predicted octanol–water partition coefficient (Wildman–Crippen LogP) is 5.71. The van der Waals surface area contributed by atoms with Crippen LogP contribution in [-0.4, -0.2) is 148 Å².